The first-order valence-corrected chi connectivity index (χ1v) is 4.18. The molecule has 0 saturated heterocycles. The third kappa shape index (κ3) is 7.32. The summed E-state index contributed by atoms with van der Waals surface area (Å²) in [4.78, 5) is 0. The average Bonchev–Trinajstić information content (AvgIpc) is 1.27. The van der Waals surface area contributed by atoms with Crippen LogP contribution in [-0.4, -0.2) is 8.36 Å². The van der Waals surface area contributed by atoms with Crippen LogP contribution in [-0.2, 0) is 0 Å². The van der Waals surface area contributed by atoms with Gasteiger partial charge in [-0.25, -0.2) is 8.78 Å². The van der Waals surface area contributed by atoms with Gasteiger partial charge in [-0.1, -0.05) is 45.2 Å². The van der Waals surface area contributed by atoms with Gasteiger partial charge in [0, 0.05) is 6.42 Å². The Morgan fingerprint density at radius 3 is 1.71 bits per heavy atom. The van der Waals surface area contributed by atoms with Crippen LogP contribution < -0.4 is 0 Å². The standard InChI is InChI=1S/C3H4F2I2/c4-2(5)1-3(6)7/h2-3H,1H2. The molecule has 0 nitrogen and oxygen atoms in total. The van der Waals surface area contributed by atoms with Crippen LogP contribution in [0.25, 0.3) is 0 Å². The zero-order valence-corrected chi connectivity index (χ0v) is 7.69. The van der Waals surface area contributed by atoms with Crippen molar-refractivity contribution in [2.45, 2.75) is 14.8 Å². The molecule has 0 bridgehead atoms. The van der Waals surface area contributed by atoms with Gasteiger partial charge in [0.1, 0.15) is 0 Å². The fraction of sp³-hybridized carbons (Fsp3) is 1.00. The second-order valence-corrected chi connectivity index (χ2v) is 6.41. The van der Waals surface area contributed by atoms with Gasteiger partial charge in [-0.05, 0) is 0 Å². The van der Waals surface area contributed by atoms with E-state index in [0.717, 1.165) is 0 Å². The van der Waals surface area contributed by atoms with Crippen molar-refractivity contribution in [3.63, 3.8) is 0 Å². The minimum absolute atomic E-state index is 0.00111. The van der Waals surface area contributed by atoms with Gasteiger partial charge >= 0.3 is 0 Å². The summed E-state index contributed by atoms with van der Waals surface area (Å²) in [5.41, 5.74) is 0. The Labute approximate surface area is 68.3 Å². The third-order valence-electron chi connectivity index (χ3n) is 0.356. The molecule has 0 aromatic rings. The van der Waals surface area contributed by atoms with Gasteiger partial charge in [-0.15, -0.1) is 0 Å². The highest BCUT2D eigenvalue weighted by Crippen LogP contribution is 2.18. The highest BCUT2D eigenvalue weighted by Gasteiger charge is 2.06. The maximum Gasteiger partial charge on any atom is 0.240 e. The van der Waals surface area contributed by atoms with Crippen molar-refractivity contribution in [3.8, 4) is 0 Å². The number of halogens is 4. The SMILES string of the molecule is FC(F)CC(I)I. The molecule has 0 aliphatic rings. The number of rotatable bonds is 2. The molecule has 0 aliphatic carbocycles. The molecule has 0 spiro atoms. The smallest absolute Gasteiger partial charge is 0.210 e. The maximum atomic E-state index is 11.3. The zero-order valence-electron chi connectivity index (χ0n) is 3.37. The monoisotopic (exact) mass is 332 g/mol. The van der Waals surface area contributed by atoms with Gasteiger partial charge in [-0.3, -0.25) is 0 Å². The van der Waals surface area contributed by atoms with Crippen LogP contribution in [0.2, 0.25) is 0 Å². The van der Waals surface area contributed by atoms with Crippen LogP contribution >= 0.6 is 45.2 Å². The molecule has 0 fully saturated rings. The minimum Gasteiger partial charge on any atom is -0.210 e. The van der Waals surface area contributed by atoms with E-state index in [1.807, 2.05) is 45.2 Å². The van der Waals surface area contributed by atoms with Crippen LogP contribution in [0.15, 0.2) is 0 Å². The summed E-state index contributed by atoms with van der Waals surface area (Å²) in [5.74, 6) is 0. The van der Waals surface area contributed by atoms with Crippen molar-refractivity contribution >= 4 is 45.2 Å². The average molecular weight is 332 g/mol. The zero-order chi connectivity index (χ0) is 5.86. The van der Waals surface area contributed by atoms with Crippen LogP contribution in [0.3, 0.4) is 0 Å². The Hall–Kier alpha value is 1.32. The normalized spacial score (nSPS) is 11.1. The van der Waals surface area contributed by atoms with Gasteiger partial charge in [0.05, 0.1) is 1.93 Å². The highest BCUT2D eigenvalue weighted by molar-refractivity contribution is 14.2. The predicted molar refractivity (Wildman–Crippen MR) is 42.4 cm³/mol. The van der Waals surface area contributed by atoms with Crippen LogP contribution in [0.1, 0.15) is 6.42 Å². The first-order valence-electron chi connectivity index (χ1n) is 1.69. The lowest BCUT2D eigenvalue weighted by Crippen LogP contribution is -1.94. The van der Waals surface area contributed by atoms with Gasteiger partial charge < -0.3 is 0 Å². The number of hydrogen-bond donors (Lipinski definition) is 0. The predicted octanol–water partition coefficient (Wildman–Crippen LogP) is 2.84. The Balaban J connectivity index is 2.95. The van der Waals surface area contributed by atoms with Crippen molar-refractivity contribution in [1.29, 1.82) is 0 Å². The lowest BCUT2D eigenvalue weighted by atomic mass is 10.5. The lowest BCUT2D eigenvalue weighted by Gasteiger charge is -1.96. The van der Waals surface area contributed by atoms with E-state index in [2.05, 4.69) is 0 Å². The van der Waals surface area contributed by atoms with E-state index < -0.39 is 6.43 Å². The van der Waals surface area contributed by atoms with Crippen LogP contribution in [0, 0.1) is 0 Å². The van der Waals surface area contributed by atoms with E-state index in [9.17, 15) is 8.78 Å². The Morgan fingerprint density at radius 1 is 1.29 bits per heavy atom. The maximum absolute atomic E-state index is 11.3. The molecule has 0 unspecified atom stereocenters. The molecule has 0 amide bonds. The highest BCUT2D eigenvalue weighted by atomic mass is 127. The fourth-order valence-corrected chi connectivity index (χ4v) is 0.904. The van der Waals surface area contributed by atoms with E-state index in [1.54, 1.807) is 0 Å². The summed E-state index contributed by atoms with van der Waals surface area (Å²) >= 11 is 3.93. The quantitative estimate of drug-likeness (QED) is 0.539. The van der Waals surface area contributed by atoms with Crippen LogP contribution in [0.5, 0.6) is 0 Å². The largest absolute Gasteiger partial charge is 0.240 e. The summed E-state index contributed by atoms with van der Waals surface area (Å²) < 4.78 is 22.6. The number of alkyl halides is 4. The third-order valence-corrected chi connectivity index (χ3v) is 1.37. The van der Waals surface area contributed by atoms with Gasteiger partial charge in [-0.2, -0.15) is 0 Å². The molecule has 0 aliphatic heterocycles. The summed E-state index contributed by atoms with van der Waals surface area (Å²) in [6.07, 6.45) is -2.14. The molecule has 0 saturated carbocycles. The summed E-state index contributed by atoms with van der Waals surface area (Å²) in [6.45, 7) is 0. The summed E-state index contributed by atoms with van der Waals surface area (Å²) in [5, 5.41) is 0. The van der Waals surface area contributed by atoms with Gasteiger partial charge in [0.25, 0.3) is 0 Å². The number of hydrogen-bond acceptors (Lipinski definition) is 0. The second kappa shape index (κ2) is 4.22. The van der Waals surface area contributed by atoms with Gasteiger partial charge in [0.15, 0.2) is 0 Å². The van der Waals surface area contributed by atoms with E-state index >= 15 is 0 Å². The molecule has 0 rings (SSSR count). The minimum atomic E-state index is -2.14. The second-order valence-electron chi connectivity index (χ2n) is 1.02. The first kappa shape index (κ1) is 8.32. The summed E-state index contributed by atoms with van der Waals surface area (Å²) in [7, 11) is 0. The molecule has 0 aromatic heterocycles. The van der Waals surface area contributed by atoms with Crippen molar-refractivity contribution in [2.24, 2.45) is 0 Å². The Bertz CT molecular complexity index is 40.2. The Kier molecular flexibility index (Phi) is 5.02. The molecule has 0 heterocycles. The molecule has 0 aromatic carbocycles. The van der Waals surface area contributed by atoms with Gasteiger partial charge in [0.2, 0.25) is 6.43 Å². The van der Waals surface area contributed by atoms with Crippen molar-refractivity contribution in [1.82, 2.24) is 0 Å². The first-order chi connectivity index (χ1) is 3.13. The molecule has 4 heteroatoms. The van der Waals surface area contributed by atoms with Crippen molar-refractivity contribution < 1.29 is 8.78 Å². The van der Waals surface area contributed by atoms with E-state index in [0.29, 0.717) is 0 Å². The summed E-state index contributed by atoms with van der Waals surface area (Å²) in [6, 6.07) is 0. The topological polar surface area (TPSA) is 0 Å². The molecule has 0 N–H and O–H groups in total. The van der Waals surface area contributed by atoms with E-state index in [4.69, 9.17) is 0 Å². The Morgan fingerprint density at radius 2 is 1.71 bits per heavy atom. The van der Waals surface area contributed by atoms with Crippen molar-refractivity contribution in [3.05, 3.63) is 0 Å². The molecule has 0 radical (unpaired) electrons. The molecular formula is C3H4F2I2. The van der Waals surface area contributed by atoms with Crippen LogP contribution in [0.4, 0.5) is 8.78 Å². The lowest BCUT2D eigenvalue weighted by molar-refractivity contribution is 0.145. The fourth-order valence-electron chi connectivity index (χ4n) is 0.135. The van der Waals surface area contributed by atoms with E-state index in [1.165, 1.54) is 0 Å². The molecule has 0 atom stereocenters. The molecule has 7 heavy (non-hydrogen) atoms. The van der Waals surface area contributed by atoms with Crippen molar-refractivity contribution in [2.75, 3.05) is 0 Å². The molecular weight excluding hydrogens is 328 g/mol. The van der Waals surface area contributed by atoms with E-state index in [-0.39, 0.29) is 8.35 Å². The molecule has 44 valence electrons.